The second-order valence-electron chi connectivity index (χ2n) is 7.19. The van der Waals surface area contributed by atoms with Crippen LogP contribution in [0.5, 0.6) is 16.7 Å². The van der Waals surface area contributed by atoms with Crippen molar-refractivity contribution in [3.8, 4) is 16.7 Å². The fraction of sp³-hybridized carbons (Fsp3) is 0.273. The van der Waals surface area contributed by atoms with E-state index < -0.39 is 4.92 Å². The number of nitrogens with zero attached hydrogens (tertiary/aromatic N) is 5. The lowest BCUT2D eigenvalue weighted by Gasteiger charge is -2.10. The van der Waals surface area contributed by atoms with Crippen LogP contribution in [0.2, 0.25) is 0 Å². The molecule has 13 heteroatoms. The molecule has 1 N–H and O–H groups in total. The molecule has 10 nitrogen and oxygen atoms in total. The lowest BCUT2D eigenvalue weighted by molar-refractivity contribution is -0.384. The summed E-state index contributed by atoms with van der Waals surface area (Å²) in [5, 5.41) is 33.7. The van der Waals surface area contributed by atoms with Gasteiger partial charge >= 0.3 is 0 Å². The third-order valence-corrected chi connectivity index (χ3v) is 7.72. The van der Waals surface area contributed by atoms with Gasteiger partial charge in [0.05, 0.1) is 10.2 Å². The summed E-state index contributed by atoms with van der Waals surface area (Å²) in [5.41, 5.74) is 1.18. The molecule has 182 valence electrons. The Morgan fingerprint density at radius 2 is 1.77 bits per heavy atom. The Morgan fingerprint density at radius 1 is 1.03 bits per heavy atom. The Kier molecular flexibility index (Phi) is 8.45. The molecule has 2 heterocycles. The second kappa shape index (κ2) is 11.9. The van der Waals surface area contributed by atoms with E-state index in [0.717, 1.165) is 21.5 Å². The van der Waals surface area contributed by atoms with Crippen LogP contribution in [-0.2, 0) is 6.42 Å². The number of nitrogens with one attached hydrogen (secondary N) is 1. The largest absolute Gasteiger partial charge is 0.473 e. The van der Waals surface area contributed by atoms with Crippen LogP contribution < -0.4 is 14.8 Å². The fourth-order valence-corrected chi connectivity index (χ4v) is 5.71. The molecule has 0 spiro atoms. The molecule has 4 rings (SSSR count). The lowest BCUT2D eigenvalue weighted by atomic mass is 10.2. The van der Waals surface area contributed by atoms with Gasteiger partial charge in [0.25, 0.3) is 10.9 Å². The van der Waals surface area contributed by atoms with Gasteiger partial charge in [-0.1, -0.05) is 52.4 Å². The summed E-state index contributed by atoms with van der Waals surface area (Å²) in [6.45, 7) is 4.42. The maximum Gasteiger partial charge on any atom is 0.299 e. The Hall–Kier alpha value is -3.29. The van der Waals surface area contributed by atoms with Crippen LogP contribution in [0, 0.1) is 17.0 Å². The first-order valence-corrected chi connectivity index (χ1v) is 13.3. The molecule has 0 aliphatic carbocycles. The number of benzene rings is 2. The molecule has 0 aliphatic heterocycles. The smallest absolute Gasteiger partial charge is 0.299 e. The highest BCUT2D eigenvalue weighted by atomic mass is 32.2. The summed E-state index contributed by atoms with van der Waals surface area (Å²) < 4.78 is 11.4. The van der Waals surface area contributed by atoms with E-state index in [1.165, 1.54) is 52.5 Å². The van der Waals surface area contributed by atoms with Gasteiger partial charge in [0.15, 0.2) is 6.73 Å². The van der Waals surface area contributed by atoms with Crippen molar-refractivity contribution in [1.29, 1.82) is 0 Å². The number of nitro groups is 1. The van der Waals surface area contributed by atoms with Crippen molar-refractivity contribution in [1.82, 2.24) is 20.4 Å². The van der Waals surface area contributed by atoms with E-state index in [9.17, 15) is 10.1 Å². The topological polar surface area (TPSA) is 125 Å². The molecule has 0 aliphatic rings. The monoisotopic (exact) mass is 530 g/mol. The summed E-state index contributed by atoms with van der Waals surface area (Å²) in [6, 6.07) is 13.7. The normalized spacial score (nSPS) is 11.7. The zero-order valence-corrected chi connectivity index (χ0v) is 21.4. The molecule has 0 amide bonds. The van der Waals surface area contributed by atoms with Crippen LogP contribution in [0.3, 0.4) is 0 Å². The molecule has 35 heavy (non-hydrogen) atoms. The third kappa shape index (κ3) is 7.10. The number of hydrogen-bond donors (Lipinski definition) is 1. The molecule has 0 fully saturated rings. The predicted octanol–water partition coefficient (Wildman–Crippen LogP) is 5.88. The van der Waals surface area contributed by atoms with Crippen molar-refractivity contribution in [3.63, 3.8) is 0 Å². The standard InChI is InChI=1S/C22H22N6O4S3/c1-3-33-18(20-25-26-21(35-20)23-13-31-16-8-4-14(2)5-9-16)12-19-24-27-22(34-19)32-17-10-6-15(7-11-17)28(29)30/h4-11,18H,3,12-13H2,1-2H3,(H,23,26). The number of rotatable bonds is 12. The van der Waals surface area contributed by atoms with Crippen LogP contribution in [-0.4, -0.2) is 37.8 Å². The van der Waals surface area contributed by atoms with E-state index in [2.05, 4.69) is 32.6 Å². The molecule has 2 aromatic carbocycles. The zero-order chi connectivity index (χ0) is 24.6. The predicted molar refractivity (Wildman–Crippen MR) is 138 cm³/mol. The SMILES string of the molecule is CCSC(Cc1nnc(Oc2ccc([N+](=O)[O-])cc2)s1)c1nnc(NCOc2ccc(C)cc2)s1. The lowest BCUT2D eigenvalue weighted by Crippen LogP contribution is -2.08. The van der Waals surface area contributed by atoms with Gasteiger partial charge < -0.3 is 14.8 Å². The van der Waals surface area contributed by atoms with Gasteiger partial charge in [-0.15, -0.1) is 15.3 Å². The number of thioether (sulfide) groups is 1. The van der Waals surface area contributed by atoms with Crippen molar-refractivity contribution in [3.05, 3.63) is 74.2 Å². The molecule has 0 saturated heterocycles. The van der Waals surface area contributed by atoms with Gasteiger partial charge in [-0.05, 0) is 36.9 Å². The molecule has 0 bridgehead atoms. The summed E-state index contributed by atoms with van der Waals surface area (Å²) in [5.74, 6) is 2.16. The van der Waals surface area contributed by atoms with Gasteiger partial charge in [0.2, 0.25) is 5.13 Å². The van der Waals surface area contributed by atoms with E-state index in [0.29, 0.717) is 29.2 Å². The molecular weight excluding hydrogens is 508 g/mol. The molecule has 1 atom stereocenters. The minimum absolute atomic E-state index is 0.00219. The number of ether oxygens (including phenoxy) is 2. The number of anilines is 1. The first-order valence-electron chi connectivity index (χ1n) is 10.6. The number of hydrogen-bond acceptors (Lipinski definition) is 12. The van der Waals surface area contributed by atoms with Crippen LogP contribution in [0.1, 0.15) is 27.8 Å². The summed E-state index contributed by atoms with van der Waals surface area (Å²) in [6.07, 6.45) is 0.633. The van der Waals surface area contributed by atoms with Gasteiger partial charge in [-0.3, -0.25) is 10.1 Å². The van der Waals surface area contributed by atoms with Gasteiger partial charge in [-0.2, -0.15) is 11.8 Å². The minimum atomic E-state index is -0.455. The maximum atomic E-state index is 10.8. The van der Waals surface area contributed by atoms with E-state index in [1.807, 2.05) is 31.2 Å². The summed E-state index contributed by atoms with van der Waals surface area (Å²) in [7, 11) is 0. The molecule has 2 aromatic heterocycles. The van der Waals surface area contributed by atoms with Crippen LogP contribution >= 0.6 is 34.4 Å². The van der Waals surface area contributed by atoms with E-state index >= 15 is 0 Å². The fourth-order valence-electron chi connectivity index (χ4n) is 2.93. The van der Waals surface area contributed by atoms with Crippen LogP contribution in [0.4, 0.5) is 10.8 Å². The van der Waals surface area contributed by atoms with Crippen molar-refractivity contribution in [2.24, 2.45) is 0 Å². The van der Waals surface area contributed by atoms with E-state index in [4.69, 9.17) is 9.47 Å². The average Bonchev–Trinajstić information content (AvgIpc) is 3.50. The Bertz CT molecular complexity index is 1250. The third-order valence-electron chi connectivity index (χ3n) is 4.63. The van der Waals surface area contributed by atoms with Crippen LogP contribution in [0.15, 0.2) is 48.5 Å². The number of non-ortho nitro benzene ring substituents is 1. The van der Waals surface area contributed by atoms with Crippen molar-refractivity contribution < 1.29 is 14.4 Å². The number of nitro benzene ring substituents is 1. The highest BCUT2D eigenvalue weighted by Gasteiger charge is 2.20. The highest BCUT2D eigenvalue weighted by molar-refractivity contribution is 7.99. The number of aromatic nitrogens is 4. The summed E-state index contributed by atoms with van der Waals surface area (Å²) >= 11 is 4.58. The minimum Gasteiger partial charge on any atom is -0.473 e. The quantitative estimate of drug-likeness (QED) is 0.135. The first-order chi connectivity index (χ1) is 17.0. The zero-order valence-electron chi connectivity index (χ0n) is 18.9. The highest BCUT2D eigenvalue weighted by Crippen LogP contribution is 2.37. The van der Waals surface area contributed by atoms with Crippen molar-refractivity contribution in [2.75, 3.05) is 17.8 Å². The Morgan fingerprint density at radius 3 is 2.49 bits per heavy atom. The van der Waals surface area contributed by atoms with Gasteiger partial charge in [0, 0.05) is 18.6 Å². The first kappa shape index (κ1) is 24.8. The Labute approximate surface area is 213 Å². The molecule has 1 unspecified atom stereocenters. The number of aryl methyl sites for hydroxylation is 1. The van der Waals surface area contributed by atoms with Crippen molar-refractivity contribution in [2.45, 2.75) is 25.5 Å². The molecular formula is C22H22N6O4S3. The van der Waals surface area contributed by atoms with Crippen LogP contribution in [0.25, 0.3) is 0 Å². The van der Waals surface area contributed by atoms with E-state index in [1.54, 1.807) is 11.8 Å². The molecule has 0 saturated carbocycles. The summed E-state index contributed by atoms with van der Waals surface area (Å²) in [4.78, 5) is 10.3. The second-order valence-corrected chi connectivity index (χ2v) is 10.7. The maximum absolute atomic E-state index is 10.8. The van der Waals surface area contributed by atoms with Gasteiger partial charge in [0.1, 0.15) is 21.5 Å². The Balaban J connectivity index is 1.33. The van der Waals surface area contributed by atoms with Crippen molar-refractivity contribution >= 4 is 45.3 Å². The molecule has 0 radical (unpaired) electrons. The van der Waals surface area contributed by atoms with E-state index in [-0.39, 0.29) is 10.9 Å². The van der Waals surface area contributed by atoms with Gasteiger partial charge in [-0.25, -0.2) is 0 Å². The molecule has 4 aromatic rings. The average molecular weight is 531 g/mol.